The average Bonchev–Trinajstić information content (AvgIpc) is 2.87. The Morgan fingerprint density at radius 3 is 2.95 bits per heavy atom. The van der Waals surface area contributed by atoms with Crippen LogP contribution in [0.2, 0.25) is 0 Å². The van der Waals surface area contributed by atoms with E-state index in [1.807, 2.05) is 17.0 Å². The molecule has 0 aromatic heterocycles. The monoisotopic (exact) mass is 274 g/mol. The molecule has 4 nitrogen and oxygen atoms in total. The normalized spacial score (nSPS) is 17.2. The summed E-state index contributed by atoms with van der Waals surface area (Å²) >= 11 is 0. The molecule has 1 fully saturated rings. The molecule has 108 valence electrons. The molecule has 1 aromatic rings. The standard InChI is InChI=1S/C16H22N2O2/c19-10-2-9-18(14-3-1-4-14)16(20)13-6-5-12-7-8-17-15(12)11-13/h5-6,11,14,17,19H,1-4,7-10H2. The number of nitrogens with one attached hydrogen (secondary N) is 1. The zero-order valence-electron chi connectivity index (χ0n) is 11.8. The highest BCUT2D eigenvalue weighted by atomic mass is 16.3. The van der Waals surface area contributed by atoms with Crippen LogP contribution < -0.4 is 5.32 Å². The third-order valence-corrected chi connectivity index (χ3v) is 4.40. The van der Waals surface area contributed by atoms with E-state index in [0.717, 1.165) is 37.1 Å². The molecular weight excluding hydrogens is 252 g/mol. The first-order chi connectivity index (χ1) is 9.79. The molecule has 20 heavy (non-hydrogen) atoms. The van der Waals surface area contributed by atoms with Gasteiger partial charge in [-0.25, -0.2) is 0 Å². The van der Waals surface area contributed by atoms with Gasteiger partial charge in [-0.3, -0.25) is 4.79 Å². The van der Waals surface area contributed by atoms with Crippen molar-refractivity contribution in [3.05, 3.63) is 29.3 Å². The minimum absolute atomic E-state index is 0.111. The summed E-state index contributed by atoms with van der Waals surface area (Å²) in [5, 5.41) is 12.3. The van der Waals surface area contributed by atoms with Gasteiger partial charge in [-0.05, 0) is 49.8 Å². The van der Waals surface area contributed by atoms with Gasteiger partial charge in [-0.2, -0.15) is 0 Å². The number of nitrogens with zero attached hydrogens (tertiary/aromatic N) is 1. The fraction of sp³-hybridized carbons (Fsp3) is 0.562. The van der Waals surface area contributed by atoms with Gasteiger partial charge >= 0.3 is 0 Å². The third kappa shape index (κ3) is 2.52. The first-order valence-corrected chi connectivity index (χ1v) is 7.58. The van der Waals surface area contributed by atoms with Crippen LogP contribution in [-0.2, 0) is 6.42 Å². The summed E-state index contributed by atoms with van der Waals surface area (Å²) in [6.45, 7) is 1.76. The van der Waals surface area contributed by atoms with Gasteiger partial charge in [0.2, 0.25) is 0 Å². The highest BCUT2D eigenvalue weighted by Gasteiger charge is 2.29. The second-order valence-corrected chi connectivity index (χ2v) is 5.71. The molecule has 0 saturated heterocycles. The SMILES string of the molecule is O=C(c1ccc2c(c1)NCC2)N(CCCO)C1CCC1. The lowest BCUT2D eigenvalue weighted by atomic mass is 9.90. The van der Waals surface area contributed by atoms with E-state index in [0.29, 0.717) is 19.0 Å². The van der Waals surface area contributed by atoms with E-state index in [-0.39, 0.29) is 12.5 Å². The van der Waals surface area contributed by atoms with Gasteiger partial charge < -0.3 is 15.3 Å². The van der Waals surface area contributed by atoms with Crippen LogP contribution in [-0.4, -0.2) is 41.7 Å². The van der Waals surface area contributed by atoms with E-state index < -0.39 is 0 Å². The number of hydrogen-bond acceptors (Lipinski definition) is 3. The number of rotatable bonds is 5. The minimum atomic E-state index is 0.111. The fourth-order valence-electron chi connectivity index (χ4n) is 2.98. The van der Waals surface area contributed by atoms with Gasteiger partial charge in [0, 0.05) is 37.0 Å². The molecule has 1 saturated carbocycles. The van der Waals surface area contributed by atoms with E-state index >= 15 is 0 Å². The predicted octanol–water partition coefficient (Wildman–Crippen LogP) is 2.03. The van der Waals surface area contributed by atoms with Crippen LogP contribution in [0.5, 0.6) is 0 Å². The van der Waals surface area contributed by atoms with Gasteiger partial charge in [0.15, 0.2) is 0 Å². The molecule has 0 atom stereocenters. The third-order valence-electron chi connectivity index (χ3n) is 4.40. The van der Waals surface area contributed by atoms with Crippen molar-refractivity contribution < 1.29 is 9.90 Å². The van der Waals surface area contributed by atoms with E-state index in [4.69, 9.17) is 5.11 Å². The van der Waals surface area contributed by atoms with Gasteiger partial charge in [-0.15, -0.1) is 0 Å². The lowest BCUT2D eigenvalue weighted by molar-refractivity contribution is 0.0562. The van der Waals surface area contributed by atoms with E-state index in [1.54, 1.807) is 0 Å². The maximum Gasteiger partial charge on any atom is 0.254 e. The summed E-state index contributed by atoms with van der Waals surface area (Å²) in [4.78, 5) is 14.7. The van der Waals surface area contributed by atoms with Crippen molar-refractivity contribution in [2.75, 3.05) is 25.0 Å². The summed E-state index contributed by atoms with van der Waals surface area (Å²) in [6.07, 6.45) is 5.10. The molecule has 0 spiro atoms. The van der Waals surface area contributed by atoms with E-state index in [9.17, 15) is 4.79 Å². The Morgan fingerprint density at radius 2 is 2.25 bits per heavy atom. The molecule has 1 amide bonds. The second-order valence-electron chi connectivity index (χ2n) is 5.71. The zero-order valence-corrected chi connectivity index (χ0v) is 11.8. The van der Waals surface area contributed by atoms with Crippen LogP contribution >= 0.6 is 0 Å². The van der Waals surface area contributed by atoms with Crippen LogP contribution in [0.1, 0.15) is 41.6 Å². The summed E-state index contributed by atoms with van der Waals surface area (Å²) in [6, 6.07) is 6.36. The van der Waals surface area contributed by atoms with Gasteiger partial charge in [0.05, 0.1) is 0 Å². The van der Waals surface area contributed by atoms with Gasteiger partial charge in [0.1, 0.15) is 0 Å². The molecule has 1 aliphatic heterocycles. The number of carbonyl (C=O) groups is 1. The average molecular weight is 274 g/mol. The molecular formula is C16H22N2O2. The smallest absolute Gasteiger partial charge is 0.254 e. The Kier molecular flexibility index (Phi) is 3.92. The molecule has 1 aromatic carbocycles. The summed E-state index contributed by atoms with van der Waals surface area (Å²) in [5.74, 6) is 0.111. The molecule has 2 aliphatic rings. The maximum atomic E-state index is 12.7. The predicted molar refractivity (Wildman–Crippen MR) is 79.0 cm³/mol. The number of aliphatic hydroxyl groups excluding tert-OH is 1. The van der Waals surface area contributed by atoms with E-state index in [1.165, 1.54) is 12.0 Å². The van der Waals surface area contributed by atoms with Crippen molar-refractivity contribution in [1.29, 1.82) is 0 Å². The van der Waals surface area contributed by atoms with Crippen molar-refractivity contribution >= 4 is 11.6 Å². The Bertz CT molecular complexity index is 497. The van der Waals surface area contributed by atoms with Crippen LogP contribution in [0.25, 0.3) is 0 Å². The largest absolute Gasteiger partial charge is 0.396 e. The highest BCUT2D eigenvalue weighted by molar-refractivity contribution is 5.95. The molecule has 1 heterocycles. The lowest BCUT2D eigenvalue weighted by Crippen LogP contribution is -2.45. The Labute approximate surface area is 119 Å². The number of fused-ring (bicyclic) bond motifs is 1. The van der Waals surface area contributed by atoms with Crippen molar-refractivity contribution in [3.63, 3.8) is 0 Å². The highest BCUT2D eigenvalue weighted by Crippen LogP contribution is 2.28. The number of hydrogen-bond donors (Lipinski definition) is 2. The van der Waals surface area contributed by atoms with Crippen LogP contribution in [0.3, 0.4) is 0 Å². The number of aliphatic hydroxyl groups is 1. The number of benzene rings is 1. The summed E-state index contributed by atoms with van der Waals surface area (Å²) in [5.41, 5.74) is 3.17. The number of amides is 1. The van der Waals surface area contributed by atoms with Crippen LogP contribution in [0.15, 0.2) is 18.2 Å². The van der Waals surface area contributed by atoms with E-state index in [2.05, 4.69) is 11.4 Å². The number of anilines is 1. The first kappa shape index (κ1) is 13.4. The molecule has 1 aliphatic carbocycles. The number of carbonyl (C=O) groups excluding carboxylic acids is 1. The quantitative estimate of drug-likeness (QED) is 0.864. The molecule has 0 unspecified atom stereocenters. The van der Waals surface area contributed by atoms with Crippen molar-refractivity contribution in [2.45, 2.75) is 38.1 Å². The zero-order chi connectivity index (χ0) is 13.9. The van der Waals surface area contributed by atoms with Crippen molar-refractivity contribution in [1.82, 2.24) is 4.90 Å². The summed E-state index contributed by atoms with van der Waals surface area (Å²) in [7, 11) is 0. The topological polar surface area (TPSA) is 52.6 Å². The molecule has 0 radical (unpaired) electrons. The molecule has 4 heteroatoms. The Morgan fingerprint density at radius 1 is 1.40 bits per heavy atom. The maximum absolute atomic E-state index is 12.7. The van der Waals surface area contributed by atoms with Crippen molar-refractivity contribution in [3.8, 4) is 0 Å². The van der Waals surface area contributed by atoms with Crippen molar-refractivity contribution in [2.24, 2.45) is 0 Å². The minimum Gasteiger partial charge on any atom is -0.396 e. The first-order valence-electron chi connectivity index (χ1n) is 7.58. The molecule has 0 bridgehead atoms. The van der Waals surface area contributed by atoms with Gasteiger partial charge in [-0.1, -0.05) is 6.07 Å². The Hall–Kier alpha value is -1.55. The lowest BCUT2D eigenvalue weighted by Gasteiger charge is -2.37. The van der Waals surface area contributed by atoms with Crippen LogP contribution in [0, 0.1) is 0 Å². The van der Waals surface area contributed by atoms with Gasteiger partial charge in [0.25, 0.3) is 5.91 Å². The molecule has 2 N–H and O–H groups in total. The second kappa shape index (κ2) is 5.83. The fourth-order valence-corrected chi connectivity index (χ4v) is 2.98. The molecule has 3 rings (SSSR count). The Balaban J connectivity index is 1.77. The summed E-state index contributed by atoms with van der Waals surface area (Å²) < 4.78 is 0. The van der Waals surface area contributed by atoms with Crippen LogP contribution in [0.4, 0.5) is 5.69 Å².